The predicted octanol–water partition coefficient (Wildman–Crippen LogP) is 4.12. The van der Waals surface area contributed by atoms with E-state index in [1.807, 2.05) is 30.3 Å². The van der Waals surface area contributed by atoms with E-state index in [1.54, 1.807) is 11.1 Å². The van der Waals surface area contributed by atoms with Crippen molar-refractivity contribution in [2.24, 2.45) is 5.92 Å². The van der Waals surface area contributed by atoms with E-state index in [-0.39, 0.29) is 13.0 Å². The first-order valence-corrected chi connectivity index (χ1v) is 7.31. The molecule has 118 valence electrons. The van der Waals surface area contributed by atoms with Crippen LogP contribution in [0.3, 0.4) is 0 Å². The average Bonchev–Trinajstić information content (AvgIpc) is 2.96. The highest BCUT2D eigenvalue weighted by Crippen LogP contribution is 2.33. The summed E-state index contributed by atoms with van der Waals surface area (Å²) in [4.78, 5) is 5.95. The first-order chi connectivity index (χ1) is 10.5. The van der Waals surface area contributed by atoms with Crippen LogP contribution in [0.5, 0.6) is 0 Å². The average molecular weight is 310 g/mol. The van der Waals surface area contributed by atoms with E-state index >= 15 is 0 Å². The third-order valence-corrected chi connectivity index (χ3v) is 3.94. The van der Waals surface area contributed by atoms with E-state index in [4.69, 9.17) is 4.42 Å². The number of benzene rings is 1. The highest BCUT2D eigenvalue weighted by Gasteiger charge is 2.41. The third-order valence-electron chi connectivity index (χ3n) is 3.94. The van der Waals surface area contributed by atoms with Crippen LogP contribution in [0.1, 0.15) is 18.7 Å². The van der Waals surface area contributed by atoms with Gasteiger partial charge in [-0.15, -0.1) is 0 Å². The summed E-state index contributed by atoms with van der Waals surface area (Å²) in [5.41, 5.74) is 0.910. The van der Waals surface area contributed by atoms with Gasteiger partial charge in [-0.25, -0.2) is 4.98 Å². The summed E-state index contributed by atoms with van der Waals surface area (Å²) in [6, 6.07) is 9.52. The molecule has 0 bridgehead atoms. The molecule has 1 unspecified atom stereocenters. The summed E-state index contributed by atoms with van der Waals surface area (Å²) >= 11 is 0. The maximum atomic E-state index is 12.8. The number of halogens is 3. The van der Waals surface area contributed by atoms with Gasteiger partial charge < -0.3 is 4.42 Å². The lowest BCUT2D eigenvalue weighted by atomic mass is 9.97. The Labute approximate surface area is 126 Å². The van der Waals surface area contributed by atoms with Crippen LogP contribution in [-0.2, 0) is 6.54 Å². The number of piperidine rings is 1. The van der Waals surface area contributed by atoms with Gasteiger partial charge in [-0.05, 0) is 19.4 Å². The topological polar surface area (TPSA) is 29.3 Å². The van der Waals surface area contributed by atoms with Crippen LogP contribution in [0.15, 0.2) is 40.9 Å². The molecule has 0 radical (unpaired) electrons. The molecule has 3 nitrogen and oxygen atoms in total. The maximum Gasteiger partial charge on any atom is 0.393 e. The van der Waals surface area contributed by atoms with E-state index in [0.717, 1.165) is 5.56 Å². The minimum Gasteiger partial charge on any atom is -0.439 e. The molecule has 1 fully saturated rings. The van der Waals surface area contributed by atoms with Crippen LogP contribution in [-0.4, -0.2) is 29.1 Å². The van der Waals surface area contributed by atoms with Gasteiger partial charge in [-0.2, -0.15) is 13.2 Å². The van der Waals surface area contributed by atoms with Crippen molar-refractivity contribution < 1.29 is 17.6 Å². The van der Waals surface area contributed by atoms with Crippen molar-refractivity contribution >= 4 is 0 Å². The van der Waals surface area contributed by atoms with Gasteiger partial charge in [0.1, 0.15) is 0 Å². The first-order valence-electron chi connectivity index (χ1n) is 7.31. The zero-order chi connectivity index (χ0) is 15.6. The largest absolute Gasteiger partial charge is 0.439 e. The summed E-state index contributed by atoms with van der Waals surface area (Å²) in [6.45, 7) is 0.988. The Kier molecular flexibility index (Phi) is 4.20. The van der Waals surface area contributed by atoms with Crippen molar-refractivity contribution in [2.45, 2.75) is 25.6 Å². The molecule has 2 aromatic rings. The molecule has 0 amide bonds. The number of aromatic nitrogens is 1. The molecule has 1 aliphatic heterocycles. The number of nitrogens with zero attached hydrogens (tertiary/aromatic N) is 2. The van der Waals surface area contributed by atoms with Gasteiger partial charge in [-0.1, -0.05) is 30.3 Å². The molecule has 1 aromatic carbocycles. The lowest BCUT2D eigenvalue weighted by Gasteiger charge is -2.32. The van der Waals surface area contributed by atoms with Crippen LogP contribution in [0.2, 0.25) is 0 Å². The number of hydrogen-bond acceptors (Lipinski definition) is 3. The summed E-state index contributed by atoms with van der Waals surface area (Å²) in [7, 11) is 0. The van der Waals surface area contributed by atoms with Crippen molar-refractivity contribution in [3.8, 4) is 11.3 Å². The molecule has 1 saturated heterocycles. The van der Waals surface area contributed by atoms with E-state index in [0.29, 0.717) is 31.2 Å². The van der Waals surface area contributed by atoms with Crippen molar-refractivity contribution in [1.82, 2.24) is 9.88 Å². The predicted molar refractivity (Wildman–Crippen MR) is 76.0 cm³/mol. The molecule has 0 aliphatic carbocycles. The van der Waals surface area contributed by atoms with Crippen molar-refractivity contribution in [1.29, 1.82) is 0 Å². The highest BCUT2D eigenvalue weighted by molar-refractivity contribution is 5.55. The van der Waals surface area contributed by atoms with E-state index in [1.165, 1.54) is 0 Å². The smallest absolute Gasteiger partial charge is 0.393 e. The minimum absolute atomic E-state index is 0.0204. The fourth-order valence-corrected chi connectivity index (χ4v) is 2.78. The van der Waals surface area contributed by atoms with Gasteiger partial charge in [-0.3, -0.25) is 4.90 Å². The van der Waals surface area contributed by atoms with Gasteiger partial charge in [0.05, 0.1) is 18.7 Å². The number of hydrogen-bond donors (Lipinski definition) is 0. The van der Waals surface area contributed by atoms with Crippen LogP contribution in [0.4, 0.5) is 13.2 Å². The molecular formula is C16H17F3N2O. The molecule has 22 heavy (non-hydrogen) atoms. The number of oxazole rings is 1. The highest BCUT2D eigenvalue weighted by atomic mass is 19.4. The fraction of sp³-hybridized carbons (Fsp3) is 0.438. The van der Waals surface area contributed by atoms with Crippen LogP contribution >= 0.6 is 0 Å². The van der Waals surface area contributed by atoms with Crippen LogP contribution in [0.25, 0.3) is 11.3 Å². The Balaban J connectivity index is 1.65. The monoisotopic (exact) mass is 310 g/mol. The van der Waals surface area contributed by atoms with E-state index in [9.17, 15) is 13.2 Å². The summed E-state index contributed by atoms with van der Waals surface area (Å²) in [5.74, 6) is -0.147. The number of alkyl halides is 3. The quantitative estimate of drug-likeness (QED) is 0.854. The van der Waals surface area contributed by atoms with Crippen molar-refractivity contribution in [2.75, 3.05) is 13.1 Å². The fourth-order valence-electron chi connectivity index (χ4n) is 2.78. The second kappa shape index (κ2) is 6.12. The SMILES string of the molecule is FC(F)(F)C1CCCN(Cc2ncc(-c3ccccc3)o2)C1. The molecule has 1 aromatic heterocycles. The summed E-state index contributed by atoms with van der Waals surface area (Å²) in [5, 5.41) is 0. The number of likely N-dealkylation sites (tertiary alicyclic amines) is 1. The second-order valence-corrected chi connectivity index (χ2v) is 5.60. The van der Waals surface area contributed by atoms with Gasteiger partial charge in [0.25, 0.3) is 0 Å². The first kappa shape index (κ1) is 15.1. The molecule has 0 N–H and O–H groups in total. The zero-order valence-electron chi connectivity index (χ0n) is 12.0. The molecule has 1 aliphatic rings. The van der Waals surface area contributed by atoms with Crippen molar-refractivity contribution in [3.63, 3.8) is 0 Å². The molecular weight excluding hydrogens is 293 g/mol. The van der Waals surface area contributed by atoms with Gasteiger partial charge >= 0.3 is 6.18 Å². The standard InChI is InChI=1S/C16H17F3N2O/c17-16(18,19)13-7-4-8-21(10-13)11-15-20-9-14(22-15)12-5-2-1-3-6-12/h1-3,5-6,9,13H,4,7-8,10-11H2. The molecule has 0 saturated carbocycles. The lowest BCUT2D eigenvalue weighted by Crippen LogP contribution is -2.41. The Hall–Kier alpha value is -1.82. The molecule has 0 spiro atoms. The minimum atomic E-state index is -4.12. The lowest BCUT2D eigenvalue weighted by molar-refractivity contribution is -0.187. The van der Waals surface area contributed by atoms with E-state index in [2.05, 4.69) is 4.98 Å². The van der Waals surface area contributed by atoms with Gasteiger partial charge in [0, 0.05) is 12.1 Å². The van der Waals surface area contributed by atoms with Gasteiger partial charge in [0.2, 0.25) is 5.89 Å². The Bertz CT molecular complexity index is 609. The Morgan fingerprint density at radius 3 is 2.73 bits per heavy atom. The maximum absolute atomic E-state index is 12.8. The van der Waals surface area contributed by atoms with E-state index < -0.39 is 12.1 Å². The molecule has 1 atom stereocenters. The Morgan fingerprint density at radius 2 is 2.00 bits per heavy atom. The normalized spacial score (nSPS) is 20.2. The summed E-state index contributed by atoms with van der Waals surface area (Å²) in [6.07, 6.45) is -1.74. The Morgan fingerprint density at radius 1 is 1.23 bits per heavy atom. The molecule has 3 rings (SSSR count). The van der Waals surface area contributed by atoms with Crippen LogP contribution in [0, 0.1) is 5.92 Å². The third kappa shape index (κ3) is 3.50. The second-order valence-electron chi connectivity index (χ2n) is 5.60. The van der Waals surface area contributed by atoms with Gasteiger partial charge in [0.15, 0.2) is 5.76 Å². The molecule has 6 heteroatoms. The number of rotatable bonds is 3. The molecule has 2 heterocycles. The zero-order valence-corrected chi connectivity index (χ0v) is 12.0. The van der Waals surface area contributed by atoms with Crippen molar-refractivity contribution in [3.05, 3.63) is 42.4 Å². The van der Waals surface area contributed by atoms with Crippen LogP contribution < -0.4 is 0 Å². The summed E-state index contributed by atoms with van der Waals surface area (Å²) < 4.78 is 44.1.